The van der Waals surface area contributed by atoms with E-state index in [9.17, 15) is 9.18 Å². The number of anilines is 2. The highest BCUT2D eigenvalue weighted by atomic mass is 35.5. The number of hydrogen-bond donors (Lipinski definition) is 1. The van der Waals surface area contributed by atoms with Gasteiger partial charge in [0.05, 0.1) is 29.3 Å². The van der Waals surface area contributed by atoms with Crippen molar-refractivity contribution >= 4 is 40.0 Å². The Morgan fingerprint density at radius 1 is 1.17 bits per heavy atom. The molecule has 9 heteroatoms. The molecule has 0 saturated carbocycles. The first-order valence-electron chi connectivity index (χ1n) is 9.07. The normalized spacial score (nSPS) is 14.1. The van der Waals surface area contributed by atoms with Gasteiger partial charge in [-0.2, -0.15) is 0 Å². The van der Waals surface area contributed by atoms with Crippen molar-refractivity contribution in [2.24, 2.45) is 0 Å². The summed E-state index contributed by atoms with van der Waals surface area (Å²) in [6.07, 6.45) is 0. The molecule has 0 radical (unpaired) electrons. The van der Waals surface area contributed by atoms with Crippen LogP contribution in [0.3, 0.4) is 0 Å². The molecule has 0 spiro atoms. The summed E-state index contributed by atoms with van der Waals surface area (Å²) >= 11 is 5.74. The maximum atomic E-state index is 13.3. The lowest BCUT2D eigenvalue weighted by atomic mass is 10.3. The summed E-state index contributed by atoms with van der Waals surface area (Å²) in [4.78, 5) is 23.5. The number of fused-ring (bicyclic) bond motifs is 1. The molecule has 2 aromatic carbocycles. The van der Waals surface area contributed by atoms with Crippen LogP contribution in [-0.4, -0.2) is 48.8 Å². The Labute approximate surface area is 171 Å². The van der Waals surface area contributed by atoms with Gasteiger partial charge in [0.2, 0.25) is 0 Å². The molecule has 7 nitrogen and oxygen atoms in total. The molecule has 4 rings (SSSR count). The average Bonchev–Trinajstić information content (AvgIpc) is 2.75. The molecular weight excluding hydrogens is 399 g/mol. The molecule has 1 aromatic heterocycles. The maximum Gasteiger partial charge on any atom is 0.262 e. The molecule has 0 aliphatic carbocycles. The molecule has 1 aliphatic heterocycles. The van der Waals surface area contributed by atoms with Gasteiger partial charge in [0, 0.05) is 18.8 Å². The zero-order valence-corrected chi connectivity index (χ0v) is 16.2. The number of aromatic nitrogens is 2. The van der Waals surface area contributed by atoms with Gasteiger partial charge < -0.3 is 19.7 Å². The summed E-state index contributed by atoms with van der Waals surface area (Å²) in [5.41, 5.74) is 1.79. The van der Waals surface area contributed by atoms with Gasteiger partial charge in [-0.25, -0.2) is 14.4 Å². The number of para-hydroxylation sites is 2. The fraction of sp³-hybridized carbons (Fsp3) is 0.250. The zero-order chi connectivity index (χ0) is 20.2. The largest absolute Gasteiger partial charge is 0.465 e. The lowest BCUT2D eigenvalue weighted by molar-refractivity contribution is -0.118. The second kappa shape index (κ2) is 8.59. The quantitative estimate of drug-likeness (QED) is 0.688. The predicted octanol–water partition coefficient (Wildman–Crippen LogP) is 3.28. The highest BCUT2D eigenvalue weighted by molar-refractivity contribution is 6.31. The van der Waals surface area contributed by atoms with Crippen LogP contribution in [0.5, 0.6) is 5.88 Å². The van der Waals surface area contributed by atoms with Gasteiger partial charge in [0.25, 0.3) is 11.8 Å². The van der Waals surface area contributed by atoms with Crippen LogP contribution in [0.15, 0.2) is 42.5 Å². The number of hydrogen-bond acceptors (Lipinski definition) is 6. The Bertz CT molecular complexity index is 1040. The van der Waals surface area contributed by atoms with Crippen molar-refractivity contribution in [3.8, 4) is 5.88 Å². The lowest BCUT2D eigenvalue weighted by Crippen LogP contribution is -2.37. The van der Waals surface area contributed by atoms with E-state index in [2.05, 4.69) is 15.3 Å². The van der Waals surface area contributed by atoms with Crippen LogP contribution in [0.4, 0.5) is 15.9 Å². The van der Waals surface area contributed by atoms with E-state index >= 15 is 0 Å². The Hall–Kier alpha value is -2.97. The zero-order valence-electron chi connectivity index (χ0n) is 15.4. The number of halogens is 2. The number of morpholine rings is 1. The number of nitrogens with zero attached hydrogens (tertiary/aromatic N) is 3. The van der Waals surface area contributed by atoms with E-state index < -0.39 is 11.7 Å². The molecule has 0 bridgehead atoms. The van der Waals surface area contributed by atoms with E-state index in [4.69, 9.17) is 21.1 Å². The molecule has 1 amide bonds. The number of rotatable bonds is 5. The molecule has 1 aliphatic rings. The van der Waals surface area contributed by atoms with Gasteiger partial charge in [0.15, 0.2) is 12.4 Å². The second-order valence-corrected chi connectivity index (χ2v) is 6.81. The average molecular weight is 417 g/mol. The third-order valence-electron chi connectivity index (χ3n) is 4.38. The van der Waals surface area contributed by atoms with Crippen LogP contribution in [0.25, 0.3) is 11.0 Å². The van der Waals surface area contributed by atoms with Crippen molar-refractivity contribution in [3.05, 3.63) is 53.3 Å². The minimum Gasteiger partial charge on any atom is -0.465 e. The van der Waals surface area contributed by atoms with Gasteiger partial charge in [-0.05, 0) is 30.3 Å². The molecule has 1 fully saturated rings. The molecular formula is C20H18ClFN4O3. The fourth-order valence-electron chi connectivity index (χ4n) is 2.96. The van der Waals surface area contributed by atoms with Crippen molar-refractivity contribution in [2.45, 2.75) is 0 Å². The van der Waals surface area contributed by atoms with Gasteiger partial charge in [0.1, 0.15) is 5.82 Å². The Balaban J connectivity index is 1.52. The van der Waals surface area contributed by atoms with E-state index in [0.29, 0.717) is 43.3 Å². The summed E-state index contributed by atoms with van der Waals surface area (Å²) in [5.74, 6) is -0.124. The van der Waals surface area contributed by atoms with Crippen LogP contribution in [0, 0.1) is 5.82 Å². The first-order chi connectivity index (χ1) is 14.1. The van der Waals surface area contributed by atoms with Crippen molar-refractivity contribution in [1.29, 1.82) is 0 Å². The van der Waals surface area contributed by atoms with Crippen molar-refractivity contribution in [1.82, 2.24) is 9.97 Å². The van der Waals surface area contributed by atoms with Gasteiger partial charge in [-0.15, -0.1) is 0 Å². The van der Waals surface area contributed by atoms with E-state index in [1.807, 2.05) is 29.2 Å². The van der Waals surface area contributed by atoms with Crippen LogP contribution in [0.1, 0.15) is 0 Å². The minimum absolute atomic E-state index is 0.0706. The van der Waals surface area contributed by atoms with Crippen LogP contribution >= 0.6 is 11.6 Å². The van der Waals surface area contributed by atoms with Gasteiger partial charge in [-0.1, -0.05) is 23.7 Å². The molecule has 3 aromatic rings. The maximum absolute atomic E-state index is 13.3. The standard InChI is InChI=1S/C20H18ClFN4O3/c21-14-11-13(5-6-15(14)22)23-18(27)12-29-20-19(26-7-9-28-10-8-26)24-16-3-1-2-4-17(16)25-20/h1-6,11H,7-10,12H2,(H,23,27). The minimum atomic E-state index is -0.553. The van der Waals surface area contributed by atoms with Crippen LogP contribution in [-0.2, 0) is 9.53 Å². The molecule has 0 atom stereocenters. The summed E-state index contributed by atoms with van der Waals surface area (Å²) in [6.45, 7) is 2.20. The SMILES string of the molecule is O=C(COc1nc2ccccc2nc1N1CCOCC1)Nc1ccc(F)c(Cl)c1. The van der Waals surface area contributed by atoms with E-state index in [1.54, 1.807) is 0 Å². The van der Waals surface area contributed by atoms with Crippen LogP contribution in [0.2, 0.25) is 5.02 Å². The Kier molecular flexibility index (Phi) is 5.73. The highest BCUT2D eigenvalue weighted by Crippen LogP contribution is 2.28. The highest BCUT2D eigenvalue weighted by Gasteiger charge is 2.20. The van der Waals surface area contributed by atoms with E-state index in [-0.39, 0.29) is 17.5 Å². The fourth-order valence-corrected chi connectivity index (χ4v) is 3.14. The number of amides is 1. The van der Waals surface area contributed by atoms with Crippen molar-refractivity contribution < 1.29 is 18.7 Å². The molecule has 0 unspecified atom stereocenters. The van der Waals surface area contributed by atoms with Gasteiger partial charge >= 0.3 is 0 Å². The summed E-state index contributed by atoms with van der Waals surface area (Å²) in [6, 6.07) is 11.4. The number of benzene rings is 2. The number of nitrogens with one attached hydrogen (secondary N) is 1. The molecule has 29 heavy (non-hydrogen) atoms. The van der Waals surface area contributed by atoms with E-state index in [1.165, 1.54) is 18.2 Å². The Morgan fingerprint density at radius 2 is 1.90 bits per heavy atom. The molecule has 2 heterocycles. The monoisotopic (exact) mass is 416 g/mol. The smallest absolute Gasteiger partial charge is 0.262 e. The second-order valence-electron chi connectivity index (χ2n) is 6.41. The topological polar surface area (TPSA) is 76.6 Å². The summed E-state index contributed by atoms with van der Waals surface area (Å²) in [5, 5.41) is 2.55. The molecule has 1 N–H and O–H groups in total. The van der Waals surface area contributed by atoms with Crippen LogP contribution < -0.4 is 15.0 Å². The number of carbonyl (C=O) groups is 1. The first-order valence-corrected chi connectivity index (χ1v) is 9.45. The number of carbonyl (C=O) groups excluding carboxylic acids is 1. The van der Waals surface area contributed by atoms with Gasteiger partial charge in [-0.3, -0.25) is 4.79 Å². The third-order valence-corrected chi connectivity index (χ3v) is 4.66. The number of ether oxygens (including phenoxy) is 2. The third kappa shape index (κ3) is 4.55. The van der Waals surface area contributed by atoms with Crippen molar-refractivity contribution in [2.75, 3.05) is 43.1 Å². The Morgan fingerprint density at radius 3 is 2.62 bits per heavy atom. The molecule has 1 saturated heterocycles. The van der Waals surface area contributed by atoms with E-state index in [0.717, 1.165) is 5.52 Å². The molecule has 150 valence electrons. The lowest BCUT2D eigenvalue weighted by Gasteiger charge is -2.28. The predicted molar refractivity (Wildman–Crippen MR) is 108 cm³/mol. The summed E-state index contributed by atoms with van der Waals surface area (Å²) in [7, 11) is 0. The van der Waals surface area contributed by atoms with Crippen molar-refractivity contribution in [3.63, 3.8) is 0 Å². The first kappa shape index (κ1) is 19.4. The summed E-state index contributed by atoms with van der Waals surface area (Å²) < 4.78 is 24.4.